The Balaban J connectivity index is 1.44. The Bertz CT molecular complexity index is 666. The molecule has 1 heterocycles. The van der Waals surface area contributed by atoms with Crippen LogP contribution in [0.25, 0.3) is 0 Å². The number of phenols is 1. The molecule has 2 N–H and O–H groups in total. The number of hydrogen-bond acceptors (Lipinski definition) is 4. The molecule has 0 atom stereocenters. The molecule has 0 radical (unpaired) electrons. The van der Waals surface area contributed by atoms with Gasteiger partial charge in [0.1, 0.15) is 11.8 Å². The number of rotatable bonds is 4. The minimum Gasteiger partial charge on any atom is -0.507 e. The summed E-state index contributed by atoms with van der Waals surface area (Å²) in [6.07, 6.45) is 6.23. The molecular formula is C21H29N3O2. The molecule has 3 rings (SSSR count). The van der Waals surface area contributed by atoms with Crippen LogP contribution >= 0.6 is 0 Å². The minimum absolute atomic E-state index is 0.0300. The van der Waals surface area contributed by atoms with Crippen LogP contribution in [0, 0.1) is 23.2 Å². The molecule has 1 aromatic rings. The first-order chi connectivity index (χ1) is 12.6. The second kappa shape index (κ2) is 8.55. The maximum Gasteiger partial charge on any atom is 0.225 e. The number of carbonyl (C=O) groups is 1. The Labute approximate surface area is 156 Å². The lowest BCUT2D eigenvalue weighted by Crippen LogP contribution is -2.43. The lowest BCUT2D eigenvalue weighted by molar-refractivity contribution is -0.138. The summed E-state index contributed by atoms with van der Waals surface area (Å²) in [6, 6.07) is 7.57. The summed E-state index contributed by atoms with van der Waals surface area (Å²) in [5.74, 6) is 1.34. The first-order valence-corrected chi connectivity index (χ1v) is 9.81. The van der Waals surface area contributed by atoms with Crippen molar-refractivity contribution in [2.24, 2.45) is 11.8 Å². The lowest BCUT2D eigenvalue weighted by atomic mass is 9.84. The fourth-order valence-corrected chi connectivity index (χ4v) is 4.08. The quantitative estimate of drug-likeness (QED) is 0.870. The molecule has 1 aromatic carbocycles. The summed E-state index contributed by atoms with van der Waals surface area (Å²) in [5.41, 5.74) is 1.31. The largest absolute Gasteiger partial charge is 0.507 e. The third-order valence-corrected chi connectivity index (χ3v) is 5.95. The number of piperidine rings is 1. The van der Waals surface area contributed by atoms with Crippen molar-refractivity contribution >= 4 is 5.91 Å². The molecule has 1 saturated carbocycles. The standard InChI is InChI=1S/C21H29N3O2/c1-15-8-10-24(11-9-15)21(26)17-3-5-19(6-4-17)23-14-16-2-7-20(25)18(12-16)13-22/h2,7,12,15,17,19,23,25H,3-6,8-11,14H2,1H3. The van der Waals surface area contributed by atoms with Crippen LogP contribution in [0.2, 0.25) is 0 Å². The van der Waals surface area contributed by atoms with E-state index in [2.05, 4.69) is 17.1 Å². The number of likely N-dealkylation sites (tertiary alicyclic amines) is 1. The van der Waals surface area contributed by atoms with Crippen LogP contribution in [-0.4, -0.2) is 35.0 Å². The highest BCUT2D eigenvalue weighted by Crippen LogP contribution is 2.28. The number of nitriles is 1. The van der Waals surface area contributed by atoms with E-state index >= 15 is 0 Å². The van der Waals surface area contributed by atoms with E-state index in [0.717, 1.165) is 63.1 Å². The number of carbonyl (C=O) groups excluding carboxylic acids is 1. The van der Waals surface area contributed by atoms with Crippen molar-refractivity contribution in [1.82, 2.24) is 10.2 Å². The second-order valence-electron chi connectivity index (χ2n) is 7.90. The van der Waals surface area contributed by atoms with Crippen molar-refractivity contribution in [3.05, 3.63) is 29.3 Å². The zero-order chi connectivity index (χ0) is 18.5. The first kappa shape index (κ1) is 18.7. The van der Waals surface area contributed by atoms with Crippen molar-refractivity contribution in [1.29, 1.82) is 5.26 Å². The van der Waals surface area contributed by atoms with Gasteiger partial charge in [-0.15, -0.1) is 0 Å². The van der Waals surface area contributed by atoms with Gasteiger partial charge in [0, 0.05) is 31.6 Å². The molecule has 26 heavy (non-hydrogen) atoms. The molecule has 1 saturated heterocycles. The van der Waals surface area contributed by atoms with Crippen molar-refractivity contribution in [2.45, 2.75) is 58.0 Å². The van der Waals surface area contributed by atoms with Gasteiger partial charge in [0.2, 0.25) is 5.91 Å². The van der Waals surface area contributed by atoms with E-state index < -0.39 is 0 Å². The van der Waals surface area contributed by atoms with E-state index in [0.29, 0.717) is 24.1 Å². The van der Waals surface area contributed by atoms with Gasteiger partial charge in [-0.25, -0.2) is 0 Å². The molecule has 0 spiro atoms. The summed E-state index contributed by atoms with van der Waals surface area (Å²) in [6.45, 7) is 4.81. The highest BCUT2D eigenvalue weighted by atomic mass is 16.3. The van der Waals surface area contributed by atoms with E-state index in [1.54, 1.807) is 12.1 Å². The van der Waals surface area contributed by atoms with E-state index in [1.165, 1.54) is 0 Å². The number of nitrogens with zero attached hydrogens (tertiary/aromatic N) is 2. The molecule has 5 nitrogen and oxygen atoms in total. The number of phenolic OH excluding ortho intramolecular Hbond substituents is 1. The zero-order valence-electron chi connectivity index (χ0n) is 15.6. The molecule has 5 heteroatoms. The smallest absolute Gasteiger partial charge is 0.225 e. The van der Waals surface area contributed by atoms with Crippen molar-refractivity contribution in [3.63, 3.8) is 0 Å². The topological polar surface area (TPSA) is 76.4 Å². The molecule has 140 valence electrons. The molecular weight excluding hydrogens is 326 g/mol. The van der Waals surface area contributed by atoms with Gasteiger partial charge < -0.3 is 15.3 Å². The SMILES string of the molecule is CC1CCN(C(=O)C2CCC(NCc3ccc(O)c(C#N)c3)CC2)CC1. The summed E-state index contributed by atoms with van der Waals surface area (Å²) in [5, 5.41) is 22.1. The van der Waals surface area contributed by atoms with Gasteiger partial charge in [0.05, 0.1) is 5.56 Å². The number of hydrogen-bond donors (Lipinski definition) is 2. The Morgan fingerprint density at radius 3 is 2.58 bits per heavy atom. The monoisotopic (exact) mass is 355 g/mol. The highest BCUT2D eigenvalue weighted by molar-refractivity contribution is 5.79. The third kappa shape index (κ3) is 4.56. The first-order valence-electron chi connectivity index (χ1n) is 9.81. The molecule has 0 bridgehead atoms. The normalized spacial score (nSPS) is 24.2. The van der Waals surface area contributed by atoms with Gasteiger partial charge in [0.25, 0.3) is 0 Å². The lowest BCUT2D eigenvalue weighted by Gasteiger charge is -2.35. The fraction of sp³-hybridized carbons (Fsp3) is 0.619. The van der Waals surface area contributed by atoms with Crippen LogP contribution < -0.4 is 5.32 Å². The average molecular weight is 355 g/mol. The summed E-state index contributed by atoms with van der Waals surface area (Å²) in [4.78, 5) is 14.8. The van der Waals surface area contributed by atoms with Gasteiger partial charge in [-0.2, -0.15) is 5.26 Å². The summed E-state index contributed by atoms with van der Waals surface area (Å²) < 4.78 is 0. The number of amides is 1. The van der Waals surface area contributed by atoms with Crippen LogP contribution in [0.1, 0.15) is 56.6 Å². The Hall–Kier alpha value is -2.06. The highest BCUT2D eigenvalue weighted by Gasteiger charge is 2.30. The van der Waals surface area contributed by atoms with Crippen LogP contribution in [0.4, 0.5) is 0 Å². The Kier molecular flexibility index (Phi) is 6.16. The number of aromatic hydroxyl groups is 1. The van der Waals surface area contributed by atoms with Crippen molar-refractivity contribution < 1.29 is 9.90 Å². The van der Waals surface area contributed by atoms with Crippen LogP contribution in [0.5, 0.6) is 5.75 Å². The third-order valence-electron chi connectivity index (χ3n) is 5.95. The predicted molar refractivity (Wildman–Crippen MR) is 100 cm³/mol. The molecule has 2 aliphatic rings. The van der Waals surface area contributed by atoms with E-state index in [1.807, 2.05) is 12.1 Å². The Morgan fingerprint density at radius 2 is 1.92 bits per heavy atom. The summed E-state index contributed by atoms with van der Waals surface area (Å²) >= 11 is 0. The van der Waals surface area contributed by atoms with Crippen LogP contribution in [0.15, 0.2) is 18.2 Å². The average Bonchev–Trinajstić information content (AvgIpc) is 2.68. The van der Waals surface area contributed by atoms with Crippen LogP contribution in [0.3, 0.4) is 0 Å². The molecule has 0 aromatic heterocycles. The maximum absolute atomic E-state index is 12.7. The van der Waals surface area contributed by atoms with E-state index in [9.17, 15) is 9.90 Å². The Morgan fingerprint density at radius 1 is 1.23 bits per heavy atom. The molecule has 2 fully saturated rings. The van der Waals surface area contributed by atoms with Crippen LogP contribution in [-0.2, 0) is 11.3 Å². The molecule has 1 aliphatic heterocycles. The predicted octanol–water partition coefficient (Wildman–Crippen LogP) is 3.17. The fourth-order valence-electron chi connectivity index (χ4n) is 4.08. The maximum atomic E-state index is 12.7. The molecule has 1 amide bonds. The van der Waals surface area contributed by atoms with Gasteiger partial charge in [-0.1, -0.05) is 13.0 Å². The van der Waals surface area contributed by atoms with E-state index in [4.69, 9.17) is 5.26 Å². The number of nitrogens with one attached hydrogen (secondary N) is 1. The molecule has 0 unspecified atom stereocenters. The molecule has 1 aliphatic carbocycles. The minimum atomic E-state index is 0.0300. The summed E-state index contributed by atoms with van der Waals surface area (Å²) in [7, 11) is 0. The van der Waals surface area contributed by atoms with Gasteiger partial charge >= 0.3 is 0 Å². The van der Waals surface area contributed by atoms with Gasteiger partial charge in [-0.3, -0.25) is 4.79 Å². The van der Waals surface area contributed by atoms with Gasteiger partial charge in [0.15, 0.2) is 0 Å². The van der Waals surface area contributed by atoms with Gasteiger partial charge in [-0.05, 0) is 62.1 Å². The van der Waals surface area contributed by atoms with Crippen molar-refractivity contribution in [3.8, 4) is 11.8 Å². The zero-order valence-corrected chi connectivity index (χ0v) is 15.6. The van der Waals surface area contributed by atoms with E-state index in [-0.39, 0.29) is 11.7 Å². The second-order valence-corrected chi connectivity index (χ2v) is 7.90. The van der Waals surface area contributed by atoms with Crippen molar-refractivity contribution in [2.75, 3.05) is 13.1 Å². The number of benzene rings is 1.